The molecule has 0 saturated heterocycles. The van der Waals surface area contributed by atoms with Gasteiger partial charge in [0.1, 0.15) is 58.7 Å². The number of hydrogen-bond acceptors (Lipinski definition) is 36. The molecule has 12 aliphatic heterocycles. The molecule has 65 heteroatoms. The molecule has 12 heterocycles. The SMILES string of the molecule is O=C1NS(=O)(=O)c2ccccc21.O=C1NS(=O)(=O)c2ccccc21.O=C1NS(=O)(=O)c2ccccc21.O=C1NS(=O)(=O)c2ccccc21.O=C1NS(=O)(=O)c2ccccc21.O=C1NS(=O)(=O)c2ccccc21.O=C1NS(=O)(=O)c2ccccc21.O=C1NS(=O)(=O)c2ccccc21.O=C1NS(=O)(=O)c2ccccc21.O=C1NS(=O)(=O)c2ccccc21.O=C1NS(=O)(=O)c2ccccc21.O=C1NS(=O)(=O)c2ccccc21.[H-].[H-].[H-].[H-].[H-].[Na+].[Na+].[Na+].[Na+].[Na+]. The summed E-state index contributed by atoms with van der Waals surface area (Å²) in [6, 6.07) is 73.1. The Morgan fingerprint density at radius 2 is 0.161 bits per heavy atom. The molecule has 0 radical (unpaired) electrons. The quantitative estimate of drug-likeness (QED) is 0.0627. The predicted molar refractivity (Wildman–Crippen MR) is 499 cm³/mol. The molecule has 12 aromatic carbocycles. The summed E-state index contributed by atoms with van der Waals surface area (Å²) in [7, 11) is -42.7. The van der Waals surface area contributed by atoms with Gasteiger partial charge in [-0.3, -0.25) is 57.5 Å². The van der Waals surface area contributed by atoms with Crippen molar-refractivity contribution >= 4 is 191 Å². The first-order valence-corrected chi connectivity index (χ1v) is 57.1. The zero-order valence-electron chi connectivity index (χ0n) is 81.3. The van der Waals surface area contributed by atoms with Crippen molar-refractivity contribution in [3.8, 4) is 0 Å². The van der Waals surface area contributed by atoms with Gasteiger partial charge in [-0.1, -0.05) is 146 Å². The van der Waals surface area contributed by atoms with Gasteiger partial charge in [0, 0.05) is 0 Å². The molecule has 48 nitrogen and oxygen atoms in total. The maximum atomic E-state index is 11.1. The van der Waals surface area contributed by atoms with Crippen LogP contribution in [0.3, 0.4) is 0 Å². The fraction of sp³-hybridized carbons (Fsp3) is 0. The summed E-state index contributed by atoms with van der Waals surface area (Å²) in [6.45, 7) is 0. The number of rotatable bonds is 0. The van der Waals surface area contributed by atoms with Crippen molar-refractivity contribution in [2.45, 2.75) is 58.7 Å². The molecule has 0 bridgehead atoms. The topological polar surface area (TPSA) is 759 Å². The summed E-state index contributed by atoms with van der Waals surface area (Å²) in [4.78, 5) is 133. The number of hydrogen-bond donors (Lipinski definition) is 12. The van der Waals surface area contributed by atoms with Gasteiger partial charge in [0.25, 0.3) is 191 Å². The molecule has 0 unspecified atom stereocenters. The Morgan fingerprint density at radius 1 is 0.107 bits per heavy atom. The first-order valence-electron chi connectivity index (χ1n) is 39.3. The maximum Gasteiger partial charge on any atom is 1.00 e. The molecule has 24 rings (SSSR count). The van der Waals surface area contributed by atoms with Crippen LogP contribution in [0, 0.1) is 0 Å². The molecule has 0 spiro atoms. The number of carbonyl (C=O) groups is 12. The summed E-state index contributed by atoms with van der Waals surface area (Å²) < 4.78 is 290. The molecule has 0 aliphatic carbocycles. The molecular weight excluding hydrogens is 2250 g/mol. The van der Waals surface area contributed by atoms with Crippen LogP contribution in [0.15, 0.2) is 350 Å². The Labute approximate surface area is 966 Å². The van der Waals surface area contributed by atoms with E-state index in [4.69, 9.17) is 0 Å². The third kappa shape index (κ3) is 27.4. The van der Waals surface area contributed by atoms with Crippen LogP contribution in [0.2, 0.25) is 0 Å². The summed E-state index contributed by atoms with van der Waals surface area (Å²) in [5.74, 6) is -6.60. The molecule has 12 amide bonds. The number of benzene rings is 12. The molecule has 12 aliphatic rings. The van der Waals surface area contributed by atoms with Crippen LogP contribution >= 0.6 is 0 Å². The Kier molecular flexibility index (Phi) is 39.7. The Hall–Kier alpha value is -11.3. The van der Waals surface area contributed by atoms with Gasteiger partial charge >= 0.3 is 148 Å². The Morgan fingerprint density at radius 3 is 0.215 bits per heavy atom. The summed E-state index contributed by atoms with van der Waals surface area (Å²) in [5, 5.41) is 0. The number of amides is 12. The zero-order valence-corrected chi connectivity index (χ0v) is 96.1. The first-order chi connectivity index (χ1) is 67.3. The number of carbonyl (C=O) groups excluding carboxylic acids is 12. The van der Waals surface area contributed by atoms with Gasteiger partial charge in [0.15, 0.2) is 0 Å². The van der Waals surface area contributed by atoms with Gasteiger partial charge in [-0.05, 0) is 146 Å². The van der Waals surface area contributed by atoms with E-state index >= 15 is 0 Å². The summed E-state index contributed by atoms with van der Waals surface area (Å²) in [6.07, 6.45) is 0. The van der Waals surface area contributed by atoms with E-state index in [1.807, 2.05) is 56.7 Å². The van der Waals surface area contributed by atoms with Crippen molar-refractivity contribution < 1.29 is 313 Å². The van der Waals surface area contributed by atoms with Crippen molar-refractivity contribution in [1.82, 2.24) is 56.7 Å². The minimum absolute atomic E-state index is 0. The normalized spacial score (nSPS) is 17.9. The van der Waals surface area contributed by atoms with Crippen molar-refractivity contribution in [3.63, 3.8) is 0 Å². The van der Waals surface area contributed by atoms with Gasteiger partial charge in [-0.2, -0.15) is 0 Å². The third-order valence-electron chi connectivity index (χ3n) is 19.8. The second-order valence-corrected chi connectivity index (χ2v) is 49.0. The molecule has 149 heavy (non-hydrogen) atoms. The zero-order chi connectivity index (χ0) is 105. The summed E-state index contributed by atoms with van der Waals surface area (Å²) in [5.41, 5.74) is 2.64. The van der Waals surface area contributed by atoms with Crippen LogP contribution in [-0.4, -0.2) is 172 Å². The predicted octanol–water partition coefficient (Wildman–Crippen LogP) is -13.0. The first kappa shape index (κ1) is 123. The van der Waals surface area contributed by atoms with Crippen LogP contribution in [0.5, 0.6) is 0 Å². The molecule has 0 aromatic heterocycles. The number of sulfonamides is 12. The van der Waals surface area contributed by atoms with Crippen molar-refractivity contribution in [1.29, 1.82) is 0 Å². The molecule has 754 valence electrons. The maximum absolute atomic E-state index is 11.1. The van der Waals surface area contributed by atoms with Crippen LogP contribution < -0.4 is 204 Å². The van der Waals surface area contributed by atoms with Crippen LogP contribution in [0.4, 0.5) is 0 Å². The van der Waals surface area contributed by atoms with E-state index in [-0.39, 0.29) is 280 Å². The van der Waals surface area contributed by atoms with Crippen LogP contribution in [-0.2, 0) is 120 Å². The standard InChI is InChI=1S/12C7H5NO3S.5Na.5H/c12*9-7-5-3-1-2-4-6(5)12(10,11)8-7;;;;;;;;;;/h12*1-4H,(H,8,9);;;;;;;;;;/q;;;;;;;;;;;;5*+1;5*-1. The monoisotopic (exact) mass is 2320 g/mol. The minimum Gasteiger partial charge on any atom is -1.00 e. The minimum atomic E-state index is -3.55. The second-order valence-electron chi connectivity index (χ2n) is 29.2. The van der Waals surface area contributed by atoms with E-state index < -0.39 is 191 Å². The number of fused-ring (bicyclic) bond motifs is 12. The van der Waals surface area contributed by atoms with E-state index in [9.17, 15) is 159 Å². The van der Waals surface area contributed by atoms with Crippen molar-refractivity contribution in [2.24, 2.45) is 0 Å². The Balaban J connectivity index is 0.000000428. The van der Waals surface area contributed by atoms with E-state index in [1.165, 1.54) is 146 Å². The molecule has 0 fully saturated rings. The Bertz CT molecular complexity index is 7340. The van der Waals surface area contributed by atoms with E-state index in [2.05, 4.69) is 0 Å². The van der Waals surface area contributed by atoms with Gasteiger partial charge in [-0.25, -0.2) is 158 Å². The number of nitrogens with one attached hydrogen (secondary N) is 12. The molecular formula is C84H65N12Na5O36S12. The average Bonchev–Trinajstić information content (AvgIpc) is 1.72. The molecule has 12 aromatic rings. The van der Waals surface area contributed by atoms with Crippen molar-refractivity contribution in [3.05, 3.63) is 358 Å². The third-order valence-corrected chi connectivity index (χ3v) is 36.4. The largest absolute Gasteiger partial charge is 1.00 e. The van der Waals surface area contributed by atoms with E-state index in [0.29, 0.717) is 0 Å². The van der Waals surface area contributed by atoms with Gasteiger partial charge in [0.2, 0.25) is 0 Å². The van der Waals surface area contributed by atoms with Crippen molar-refractivity contribution in [2.75, 3.05) is 0 Å². The fourth-order valence-electron chi connectivity index (χ4n) is 13.4. The van der Waals surface area contributed by atoms with Crippen LogP contribution in [0.1, 0.15) is 131 Å². The van der Waals surface area contributed by atoms with E-state index in [1.54, 1.807) is 146 Å². The molecule has 0 atom stereocenters. The average molecular weight is 2320 g/mol. The fourth-order valence-corrected chi connectivity index (χ4v) is 27.5. The summed E-state index contributed by atoms with van der Waals surface area (Å²) >= 11 is 0. The van der Waals surface area contributed by atoms with Gasteiger partial charge in [0.05, 0.1) is 66.8 Å². The van der Waals surface area contributed by atoms with Gasteiger partial charge < -0.3 is 7.13 Å². The molecule has 0 saturated carbocycles. The van der Waals surface area contributed by atoms with Gasteiger partial charge in [-0.15, -0.1) is 0 Å². The molecule has 12 N–H and O–H groups in total. The second kappa shape index (κ2) is 48.1. The van der Waals surface area contributed by atoms with E-state index in [0.717, 1.165) is 0 Å². The smallest absolute Gasteiger partial charge is 1.00 e. The van der Waals surface area contributed by atoms with Crippen LogP contribution in [0.25, 0.3) is 0 Å².